The molecule has 3 nitrogen and oxygen atoms in total. The summed E-state index contributed by atoms with van der Waals surface area (Å²) >= 11 is 0. The van der Waals surface area contributed by atoms with Gasteiger partial charge in [0.05, 0.1) is 5.69 Å². The maximum Gasteiger partial charge on any atom is 0.131 e. The number of fused-ring (bicyclic) bond motifs is 3. The van der Waals surface area contributed by atoms with Gasteiger partial charge >= 0.3 is 0 Å². The Morgan fingerprint density at radius 3 is 2.94 bits per heavy atom. The molecule has 0 amide bonds. The predicted molar refractivity (Wildman–Crippen MR) is 66.6 cm³/mol. The third-order valence-electron chi connectivity index (χ3n) is 3.65. The van der Waals surface area contributed by atoms with Crippen LogP contribution in [0.15, 0.2) is 23.3 Å². The highest BCUT2D eigenvalue weighted by Gasteiger charge is 2.34. The number of hydrazone groups is 1. The van der Waals surface area contributed by atoms with Crippen molar-refractivity contribution < 1.29 is 0 Å². The number of anilines is 1. The minimum Gasteiger partial charge on any atom is -0.306 e. The van der Waals surface area contributed by atoms with Crippen molar-refractivity contribution >= 4 is 11.5 Å². The Kier molecular flexibility index (Phi) is 1.96. The quantitative estimate of drug-likeness (QED) is 0.661. The summed E-state index contributed by atoms with van der Waals surface area (Å²) in [6.45, 7) is 4.39. The SMILES string of the molecule is Cc1cccc2c1N1C(=NN(C)[C@H]1C)CC2. The number of benzene rings is 1. The summed E-state index contributed by atoms with van der Waals surface area (Å²) < 4.78 is 0. The lowest BCUT2D eigenvalue weighted by Crippen LogP contribution is -2.41. The lowest BCUT2D eigenvalue weighted by molar-refractivity contribution is 0.304. The van der Waals surface area contributed by atoms with Crippen LogP contribution in [0.25, 0.3) is 0 Å². The van der Waals surface area contributed by atoms with Gasteiger partial charge in [-0.15, -0.1) is 0 Å². The van der Waals surface area contributed by atoms with Gasteiger partial charge in [0.15, 0.2) is 0 Å². The molecule has 0 unspecified atom stereocenters. The molecule has 0 fully saturated rings. The molecule has 0 N–H and O–H groups in total. The Morgan fingerprint density at radius 2 is 2.12 bits per heavy atom. The minimum atomic E-state index is 0.343. The van der Waals surface area contributed by atoms with Crippen molar-refractivity contribution in [3.8, 4) is 0 Å². The van der Waals surface area contributed by atoms with E-state index < -0.39 is 0 Å². The molecule has 1 atom stereocenters. The van der Waals surface area contributed by atoms with Crippen molar-refractivity contribution in [3.63, 3.8) is 0 Å². The molecule has 1 aromatic carbocycles. The van der Waals surface area contributed by atoms with Crippen LogP contribution in [0.2, 0.25) is 0 Å². The van der Waals surface area contributed by atoms with Gasteiger partial charge in [-0.05, 0) is 31.4 Å². The molecular weight excluding hydrogens is 198 g/mol. The smallest absolute Gasteiger partial charge is 0.131 e. The van der Waals surface area contributed by atoms with E-state index in [1.54, 1.807) is 0 Å². The van der Waals surface area contributed by atoms with Crippen LogP contribution in [0, 0.1) is 6.92 Å². The highest BCUT2D eigenvalue weighted by Crippen LogP contribution is 2.36. The van der Waals surface area contributed by atoms with Crippen molar-refractivity contribution in [1.82, 2.24) is 5.01 Å². The Labute approximate surface area is 96.4 Å². The van der Waals surface area contributed by atoms with E-state index in [-0.39, 0.29) is 0 Å². The first-order valence-electron chi connectivity index (χ1n) is 5.86. The summed E-state index contributed by atoms with van der Waals surface area (Å²) in [5.74, 6) is 1.22. The predicted octanol–water partition coefficient (Wildman–Crippen LogP) is 2.35. The largest absolute Gasteiger partial charge is 0.306 e. The standard InChI is InChI=1S/C13H17N3/c1-9-5-4-6-11-7-8-12-14-15(3)10(2)16(12)13(9)11/h4-6,10H,7-8H2,1-3H3/t10-/m1/s1. The monoisotopic (exact) mass is 215 g/mol. The van der Waals surface area contributed by atoms with E-state index in [2.05, 4.69) is 47.1 Å². The Morgan fingerprint density at radius 1 is 1.31 bits per heavy atom. The van der Waals surface area contributed by atoms with Gasteiger partial charge in [-0.1, -0.05) is 18.2 Å². The number of hydrogen-bond acceptors (Lipinski definition) is 3. The average molecular weight is 215 g/mol. The molecule has 16 heavy (non-hydrogen) atoms. The summed E-state index contributed by atoms with van der Waals surface area (Å²) in [5, 5.41) is 6.66. The third kappa shape index (κ3) is 1.17. The highest BCUT2D eigenvalue weighted by molar-refractivity contribution is 6.02. The van der Waals surface area contributed by atoms with Gasteiger partial charge in [0.1, 0.15) is 12.0 Å². The van der Waals surface area contributed by atoms with E-state index in [4.69, 9.17) is 0 Å². The molecule has 84 valence electrons. The molecule has 2 aliphatic heterocycles. The first-order valence-corrected chi connectivity index (χ1v) is 5.86. The van der Waals surface area contributed by atoms with Crippen LogP contribution in [-0.4, -0.2) is 24.1 Å². The fourth-order valence-corrected chi connectivity index (χ4v) is 2.70. The van der Waals surface area contributed by atoms with E-state index in [0.717, 1.165) is 12.8 Å². The van der Waals surface area contributed by atoms with Crippen LogP contribution in [0.1, 0.15) is 24.5 Å². The Bertz CT molecular complexity index is 464. The zero-order valence-electron chi connectivity index (χ0n) is 10.1. The zero-order chi connectivity index (χ0) is 11.3. The Balaban J connectivity index is 2.16. The molecule has 3 heteroatoms. The average Bonchev–Trinajstić information content (AvgIpc) is 2.56. The van der Waals surface area contributed by atoms with Crippen LogP contribution in [0.4, 0.5) is 5.69 Å². The fourth-order valence-electron chi connectivity index (χ4n) is 2.70. The number of rotatable bonds is 0. The van der Waals surface area contributed by atoms with Gasteiger partial charge in [0.2, 0.25) is 0 Å². The van der Waals surface area contributed by atoms with Crippen molar-refractivity contribution in [3.05, 3.63) is 29.3 Å². The molecule has 2 heterocycles. The van der Waals surface area contributed by atoms with Gasteiger partial charge < -0.3 is 4.90 Å². The van der Waals surface area contributed by atoms with Gasteiger partial charge in [0, 0.05) is 13.5 Å². The lowest BCUT2D eigenvalue weighted by Gasteiger charge is -2.33. The highest BCUT2D eigenvalue weighted by atomic mass is 15.6. The molecular formula is C13H17N3. The molecule has 2 aliphatic rings. The normalized spacial score (nSPS) is 22.9. The molecule has 3 rings (SSSR count). The summed E-state index contributed by atoms with van der Waals surface area (Å²) in [6, 6.07) is 6.58. The molecule has 0 aromatic heterocycles. The number of amidine groups is 1. The van der Waals surface area contributed by atoms with Gasteiger partial charge in [-0.2, -0.15) is 5.10 Å². The second-order valence-corrected chi connectivity index (χ2v) is 4.67. The maximum atomic E-state index is 4.61. The topological polar surface area (TPSA) is 18.8 Å². The van der Waals surface area contributed by atoms with E-state index in [0.29, 0.717) is 6.17 Å². The van der Waals surface area contributed by atoms with Gasteiger partial charge in [0.25, 0.3) is 0 Å². The van der Waals surface area contributed by atoms with Crippen LogP contribution in [0.5, 0.6) is 0 Å². The molecule has 1 aromatic rings. The fraction of sp³-hybridized carbons (Fsp3) is 0.462. The van der Waals surface area contributed by atoms with Crippen molar-refractivity contribution in [1.29, 1.82) is 0 Å². The Hall–Kier alpha value is -1.51. The van der Waals surface area contributed by atoms with E-state index in [9.17, 15) is 0 Å². The number of hydrogen-bond donors (Lipinski definition) is 0. The van der Waals surface area contributed by atoms with Crippen molar-refractivity contribution in [2.45, 2.75) is 32.9 Å². The molecule has 0 bridgehead atoms. The summed E-state index contributed by atoms with van der Waals surface area (Å²) in [7, 11) is 2.05. The van der Waals surface area contributed by atoms with Crippen LogP contribution >= 0.6 is 0 Å². The molecule has 0 saturated carbocycles. The summed E-state index contributed by atoms with van der Waals surface area (Å²) in [6.07, 6.45) is 2.52. The van der Waals surface area contributed by atoms with Gasteiger partial charge in [-0.25, -0.2) is 0 Å². The number of aryl methyl sites for hydroxylation is 2. The van der Waals surface area contributed by atoms with Crippen molar-refractivity contribution in [2.24, 2.45) is 5.10 Å². The first kappa shape index (κ1) is 9.70. The first-order chi connectivity index (χ1) is 7.68. The number of nitrogens with zero attached hydrogens (tertiary/aromatic N) is 3. The van der Waals surface area contributed by atoms with Crippen molar-refractivity contribution in [2.75, 3.05) is 11.9 Å². The van der Waals surface area contributed by atoms with Crippen LogP contribution < -0.4 is 4.90 Å². The van der Waals surface area contributed by atoms with E-state index in [1.165, 1.54) is 22.6 Å². The third-order valence-corrected chi connectivity index (χ3v) is 3.65. The maximum absolute atomic E-state index is 4.61. The van der Waals surface area contributed by atoms with E-state index in [1.807, 2.05) is 7.05 Å². The zero-order valence-corrected chi connectivity index (χ0v) is 10.1. The summed E-state index contributed by atoms with van der Waals surface area (Å²) in [5.41, 5.74) is 4.19. The van der Waals surface area contributed by atoms with Crippen LogP contribution in [0.3, 0.4) is 0 Å². The van der Waals surface area contributed by atoms with E-state index >= 15 is 0 Å². The lowest BCUT2D eigenvalue weighted by atomic mass is 9.97. The second kappa shape index (κ2) is 3.24. The van der Waals surface area contributed by atoms with Gasteiger partial charge in [-0.3, -0.25) is 5.01 Å². The molecule has 0 saturated heterocycles. The minimum absolute atomic E-state index is 0.343. The molecule has 0 aliphatic carbocycles. The molecule has 0 spiro atoms. The number of para-hydroxylation sites is 1. The summed E-state index contributed by atoms with van der Waals surface area (Å²) in [4.78, 5) is 2.38. The van der Waals surface area contributed by atoms with Crippen LogP contribution in [-0.2, 0) is 6.42 Å². The molecule has 0 radical (unpaired) electrons. The second-order valence-electron chi connectivity index (χ2n) is 4.67.